The van der Waals surface area contributed by atoms with Crippen LogP contribution in [0.25, 0.3) is 10.1 Å². The van der Waals surface area contributed by atoms with Crippen LogP contribution in [-0.4, -0.2) is 5.78 Å². The first-order valence-electron chi connectivity index (χ1n) is 7.29. The highest BCUT2D eigenvalue weighted by molar-refractivity contribution is 7.17. The van der Waals surface area contributed by atoms with Gasteiger partial charge in [0.05, 0.1) is 0 Å². The minimum atomic E-state index is 0.373. The van der Waals surface area contributed by atoms with Gasteiger partial charge in [0.1, 0.15) is 5.78 Å². The molecule has 1 nitrogen and oxygen atoms in total. The quantitative estimate of drug-likeness (QED) is 0.805. The van der Waals surface area contributed by atoms with Crippen LogP contribution in [0.4, 0.5) is 0 Å². The van der Waals surface area contributed by atoms with Gasteiger partial charge in [-0.25, -0.2) is 0 Å². The molecule has 0 aliphatic heterocycles. The first-order chi connectivity index (χ1) is 9.31. The Balaban J connectivity index is 1.56. The summed E-state index contributed by atoms with van der Waals surface area (Å²) in [6, 6.07) is 8.43. The fourth-order valence-electron chi connectivity index (χ4n) is 4.13. The van der Waals surface area contributed by atoms with Crippen LogP contribution in [0, 0.1) is 17.8 Å². The number of hydrogen-bond acceptors (Lipinski definition) is 2. The molecule has 0 spiro atoms. The summed E-state index contributed by atoms with van der Waals surface area (Å²) < 4.78 is 1.30. The molecule has 1 aromatic heterocycles. The first-order valence-corrected chi connectivity index (χ1v) is 8.17. The highest BCUT2D eigenvalue weighted by Crippen LogP contribution is 2.49. The van der Waals surface area contributed by atoms with Crippen molar-refractivity contribution in [3.8, 4) is 0 Å². The second kappa shape index (κ2) is 4.45. The minimum Gasteiger partial charge on any atom is -0.299 e. The lowest BCUT2D eigenvalue weighted by Crippen LogP contribution is -2.22. The summed E-state index contributed by atoms with van der Waals surface area (Å²) in [4.78, 5) is 12.6. The van der Waals surface area contributed by atoms with Gasteiger partial charge in [-0.3, -0.25) is 4.79 Å². The van der Waals surface area contributed by atoms with E-state index in [1.165, 1.54) is 41.3 Å². The predicted octanol–water partition coefficient (Wildman–Crippen LogP) is 4.45. The van der Waals surface area contributed by atoms with Gasteiger partial charge < -0.3 is 0 Å². The van der Waals surface area contributed by atoms with Crippen LogP contribution in [0.3, 0.4) is 0 Å². The largest absolute Gasteiger partial charge is 0.299 e. The van der Waals surface area contributed by atoms with Crippen molar-refractivity contribution < 1.29 is 4.79 Å². The molecular formula is C17H18OS. The fourth-order valence-corrected chi connectivity index (χ4v) is 5.09. The highest BCUT2D eigenvalue weighted by atomic mass is 32.1. The van der Waals surface area contributed by atoms with Gasteiger partial charge in [-0.2, -0.15) is 0 Å². The first kappa shape index (κ1) is 11.7. The lowest BCUT2D eigenvalue weighted by atomic mass is 9.83. The molecule has 1 heterocycles. The van der Waals surface area contributed by atoms with Crippen LogP contribution < -0.4 is 0 Å². The molecule has 0 radical (unpaired) electrons. The molecule has 0 amide bonds. The minimum absolute atomic E-state index is 0.373. The van der Waals surface area contributed by atoms with E-state index in [1.54, 1.807) is 11.3 Å². The van der Waals surface area contributed by atoms with Gasteiger partial charge in [-0.05, 0) is 53.5 Å². The van der Waals surface area contributed by atoms with E-state index >= 15 is 0 Å². The summed E-state index contributed by atoms with van der Waals surface area (Å²) >= 11 is 1.76. The van der Waals surface area contributed by atoms with E-state index in [4.69, 9.17) is 0 Å². The molecule has 2 fully saturated rings. The topological polar surface area (TPSA) is 17.1 Å². The summed E-state index contributed by atoms with van der Waals surface area (Å²) in [5, 5.41) is 3.46. The summed E-state index contributed by atoms with van der Waals surface area (Å²) in [7, 11) is 0. The van der Waals surface area contributed by atoms with Crippen LogP contribution in [0.15, 0.2) is 29.6 Å². The maximum Gasteiger partial charge on any atom is 0.140 e. The van der Waals surface area contributed by atoms with Crippen molar-refractivity contribution in [1.82, 2.24) is 0 Å². The van der Waals surface area contributed by atoms with E-state index in [-0.39, 0.29) is 0 Å². The molecule has 2 heteroatoms. The van der Waals surface area contributed by atoms with Gasteiger partial charge in [0, 0.05) is 17.0 Å². The Bertz CT molecular complexity index is 627. The van der Waals surface area contributed by atoms with Crippen LogP contribution in [0.1, 0.15) is 31.2 Å². The molecule has 19 heavy (non-hydrogen) atoms. The van der Waals surface area contributed by atoms with Gasteiger partial charge in [-0.15, -0.1) is 11.3 Å². The average Bonchev–Trinajstić information content (AvgIpc) is 3.14. The fraction of sp³-hybridized carbons (Fsp3) is 0.471. The second-order valence-electron chi connectivity index (χ2n) is 6.18. The van der Waals surface area contributed by atoms with E-state index in [0.29, 0.717) is 24.0 Å². The van der Waals surface area contributed by atoms with Crippen molar-refractivity contribution in [2.24, 2.45) is 17.8 Å². The number of benzene rings is 1. The zero-order valence-electron chi connectivity index (χ0n) is 11.0. The summed E-state index contributed by atoms with van der Waals surface area (Å²) in [6.45, 7) is 0. The maximum atomic E-state index is 12.6. The summed E-state index contributed by atoms with van der Waals surface area (Å²) in [6.07, 6.45) is 5.81. The monoisotopic (exact) mass is 270 g/mol. The smallest absolute Gasteiger partial charge is 0.140 e. The lowest BCUT2D eigenvalue weighted by molar-refractivity contribution is -0.123. The molecule has 2 aliphatic carbocycles. The molecule has 2 saturated carbocycles. The summed E-state index contributed by atoms with van der Waals surface area (Å²) in [5.74, 6) is 2.44. The lowest BCUT2D eigenvalue weighted by Gasteiger charge is -2.20. The molecule has 4 rings (SSSR count). The van der Waals surface area contributed by atoms with Crippen LogP contribution >= 0.6 is 11.3 Å². The Hall–Kier alpha value is -1.15. The van der Waals surface area contributed by atoms with Gasteiger partial charge in [0.25, 0.3) is 0 Å². The van der Waals surface area contributed by atoms with Crippen molar-refractivity contribution in [2.75, 3.05) is 0 Å². The number of ketones is 1. The maximum absolute atomic E-state index is 12.6. The number of hydrogen-bond donors (Lipinski definition) is 0. The van der Waals surface area contributed by atoms with E-state index in [9.17, 15) is 4.79 Å². The highest BCUT2D eigenvalue weighted by Gasteiger charge is 2.42. The molecule has 2 bridgehead atoms. The Labute approximate surface area is 117 Å². The van der Waals surface area contributed by atoms with Crippen LogP contribution in [-0.2, 0) is 11.2 Å². The van der Waals surface area contributed by atoms with Gasteiger partial charge in [0.15, 0.2) is 0 Å². The molecule has 0 saturated heterocycles. The van der Waals surface area contributed by atoms with E-state index in [1.807, 2.05) is 0 Å². The van der Waals surface area contributed by atoms with Gasteiger partial charge in [0.2, 0.25) is 0 Å². The zero-order chi connectivity index (χ0) is 12.8. The third-order valence-electron chi connectivity index (χ3n) is 5.08. The molecule has 98 valence electrons. The normalized spacial score (nSPS) is 29.2. The molecular weight excluding hydrogens is 252 g/mol. The standard InChI is InChI=1S/C17H18OS/c18-16(15-8-11-5-6-12(15)7-11)9-13-10-19-17-4-2-1-3-14(13)17/h1-4,10-12,15H,5-9H2. The molecule has 3 atom stereocenters. The van der Waals surface area contributed by atoms with E-state index < -0.39 is 0 Å². The third kappa shape index (κ3) is 1.93. The van der Waals surface area contributed by atoms with Crippen molar-refractivity contribution in [3.63, 3.8) is 0 Å². The Morgan fingerprint density at radius 2 is 2.11 bits per heavy atom. The molecule has 2 aromatic rings. The van der Waals surface area contributed by atoms with Gasteiger partial charge >= 0.3 is 0 Å². The van der Waals surface area contributed by atoms with Gasteiger partial charge in [-0.1, -0.05) is 24.6 Å². The SMILES string of the molecule is O=C(Cc1csc2ccccc12)C1CC2CCC1C2. The molecule has 1 aromatic carbocycles. The Kier molecular flexibility index (Phi) is 2.73. The van der Waals surface area contributed by atoms with Crippen molar-refractivity contribution in [2.45, 2.75) is 32.1 Å². The van der Waals surface area contributed by atoms with E-state index in [0.717, 1.165) is 5.92 Å². The number of Topliss-reactive ketones (excluding diaryl/α,β-unsaturated/α-hetero) is 1. The number of fused-ring (bicyclic) bond motifs is 3. The molecule has 3 unspecified atom stereocenters. The van der Waals surface area contributed by atoms with Crippen LogP contribution in [0.2, 0.25) is 0 Å². The molecule has 0 N–H and O–H groups in total. The Morgan fingerprint density at radius 3 is 2.89 bits per heavy atom. The number of thiophene rings is 1. The number of carbonyl (C=O) groups excluding carboxylic acids is 1. The number of carbonyl (C=O) groups is 1. The third-order valence-corrected chi connectivity index (χ3v) is 6.09. The van der Waals surface area contributed by atoms with Crippen LogP contribution in [0.5, 0.6) is 0 Å². The molecule has 2 aliphatic rings. The zero-order valence-corrected chi connectivity index (χ0v) is 11.8. The van der Waals surface area contributed by atoms with Crippen molar-refractivity contribution in [1.29, 1.82) is 0 Å². The van der Waals surface area contributed by atoms with Crippen molar-refractivity contribution >= 4 is 27.2 Å². The predicted molar refractivity (Wildman–Crippen MR) is 79.5 cm³/mol. The Morgan fingerprint density at radius 1 is 1.21 bits per heavy atom. The second-order valence-corrected chi connectivity index (χ2v) is 7.09. The van der Waals surface area contributed by atoms with Crippen molar-refractivity contribution in [3.05, 3.63) is 35.2 Å². The number of rotatable bonds is 3. The average molecular weight is 270 g/mol. The summed E-state index contributed by atoms with van der Waals surface area (Å²) in [5.41, 5.74) is 1.24. The van der Waals surface area contributed by atoms with E-state index in [2.05, 4.69) is 29.6 Å².